The van der Waals surface area contributed by atoms with Gasteiger partial charge in [-0.05, 0) is 82.9 Å². The number of rotatable bonds is 6. The average Bonchev–Trinajstić information content (AvgIpc) is 2.78. The Morgan fingerprint density at radius 2 is 1.09 bits per heavy atom. The zero-order valence-electron chi connectivity index (χ0n) is 21.8. The van der Waals surface area contributed by atoms with Gasteiger partial charge in [0, 0.05) is 0 Å². The highest BCUT2D eigenvalue weighted by Crippen LogP contribution is 2.29. The van der Waals surface area contributed by atoms with Gasteiger partial charge < -0.3 is 0 Å². The van der Waals surface area contributed by atoms with Gasteiger partial charge in [-0.25, -0.2) is 0 Å². The molecule has 1 heteroatoms. The average molecular weight is 447 g/mol. The van der Waals surface area contributed by atoms with Crippen LogP contribution in [-0.4, -0.2) is 0 Å². The maximum absolute atomic E-state index is 2.37. The van der Waals surface area contributed by atoms with Crippen LogP contribution in [0.5, 0.6) is 0 Å². The fourth-order valence-corrected chi connectivity index (χ4v) is 4.58. The van der Waals surface area contributed by atoms with E-state index in [0.29, 0.717) is 5.41 Å². The van der Waals surface area contributed by atoms with Crippen LogP contribution in [0.2, 0.25) is 0 Å². The summed E-state index contributed by atoms with van der Waals surface area (Å²) in [7, 11) is 0.756. The van der Waals surface area contributed by atoms with E-state index in [-0.39, 0.29) is 5.41 Å². The third-order valence-corrected chi connectivity index (χ3v) is 8.57. The van der Waals surface area contributed by atoms with Crippen LogP contribution in [0.15, 0.2) is 66.7 Å². The second-order valence-corrected chi connectivity index (χ2v) is 11.7. The maximum atomic E-state index is 2.37. The second-order valence-electron chi connectivity index (χ2n) is 10.3. The monoisotopic (exact) mass is 446 g/mol. The van der Waals surface area contributed by atoms with E-state index in [2.05, 4.69) is 129 Å². The maximum Gasteiger partial charge on any atom is -0.0106 e. The van der Waals surface area contributed by atoms with Gasteiger partial charge >= 0.3 is 0 Å². The van der Waals surface area contributed by atoms with Gasteiger partial charge in [0.25, 0.3) is 0 Å². The number of hydrogen-bond acceptors (Lipinski definition) is 0. The highest BCUT2D eigenvalue weighted by atomic mass is 31.1. The Balaban J connectivity index is 0.000000244. The molecule has 0 aliphatic heterocycles. The Kier molecular flexibility index (Phi) is 9.29. The zero-order chi connectivity index (χ0) is 23.9. The van der Waals surface area contributed by atoms with Crippen molar-refractivity contribution in [3.63, 3.8) is 0 Å². The molecule has 0 amide bonds. The Hall–Kier alpha value is -1.91. The van der Waals surface area contributed by atoms with E-state index in [4.69, 9.17) is 0 Å². The minimum absolute atomic E-state index is 0.277. The molecule has 0 bridgehead atoms. The molecule has 0 spiro atoms. The topological polar surface area (TPSA) is 0 Å². The van der Waals surface area contributed by atoms with Gasteiger partial charge in [-0.2, -0.15) is 0 Å². The summed E-state index contributed by atoms with van der Waals surface area (Å²) >= 11 is 0. The highest BCUT2D eigenvalue weighted by molar-refractivity contribution is 7.55. The van der Waals surface area contributed by atoms with Crippen molar-refractivity contribution in [1.29, 1.82) is 0 Å². The van der Waals surface area contributed by atoms with Crippen LogP contribution in [-0.2, 0) is 10.8 Å². The van der Waals surface area contributed by atoms with Crippen molar-refractivity contribution in [2.24, 2.45) is 0 Å². The molecule has 3 aromatic carbocycles. The summed E-state index contributed by atoms with van der Waals surface area (Å²) in [5.41, 5.74) is 7.71. The normalized spacial score (nSPS) is 12.0. The van der Waals surface area contributed by atoms with Gasteiger partial charge in [0.15, 0.2) is 0 Å². The predicted octanol–water partition coefficient (Wildman–Crippen LogP) is 8.30. The van der Waals surface area contributed by atoms with E-state index in [1.54, 1.807) is 0 Å². The van der Waals surface area contributed by atoms with Crippen molar-refractivity contribution >= 4 is 19.2 Å². The minimum atomic E-state index is 0.277. The highest BCUT2D eigenvalue weighted by Gasteiger charge is 2.19. The first-order valence-electron chi connectivity index (χ1n) is 12.0. The molecule has 3 aromatic rings. The number of benzene rings is 3. The largest absolute Gasteiger partial charge is 0.0646 e. The first kappa shape index (κ1) is 26.3. The van der Waals surface area contributed by atoms with E-state index < -0.39 is 0 Å². The van der Waals surface area contributed by atoms with Crippen molar-refractivity contribution < 1.29 is 0 Å². The Morgan fingerprint density at radius 3 is 1.56 bits per heavy atom. The summed E-state index contributed by atoms with van der Waals surface area (Å²) < 4.78 is 0. The van der Waals surface area contributed by atoms with Crippen LogP contribution in [0.4, 0.5) is 0 Å². The van der Waals surface area contributed by atoms with Crippen molar-refractivity contribution in [3.05, 3.63) is 94.5 Å². The first-order valence-corrected chi connectivity index (χ1v) is 13.0. The molecule has 172 valence electrons. The molecular formula is C31H43P. The molecule has 0 aliphatic carbocycles. The summed E-state index contributed by atoms with van der Waals surface area (Å²) in [6, 6.07) is 24.5. The molecule has 0 saturated carbocycles. The minimum Gasteiger partial charge on any atom is -0.0646 e. The summed E-state index contributed by atoms with van der Waals surface area (Å²) in [4.78, 5) is 0. The Bertz CT molecular complexity index is 996. The smallest absolute Gasteiger partial charge is 0.0106 e. The molecule has 1 atom stereocenters. The molecule has 0 fully saturated rings. The molecule has 0 saturated heterocycles. The molecule has 0 radical (unpaired) electrons. The van der Waals surface area contributed by atoms with E-state index in [9.17, 15) is 0 Å². The third kappa shape index (κ3) is 7.05. The number of aryl methyl sites for hydroxylation is 3. The quantitative estimate of drug-likeness (QED) is 0.334. The van der Waals surface area contributed by atoms with Gasteiger partial charge in [-0.15, -0.1) is 0 Å². The SMILES string of the molecule is CCC(C)(C)c1ccc(C)c(C)c1.CCC(C)(C)c1ccc(Pc2ccccc2)c(C)c1. The lowest BCUT2D eigenvalue weighted by molar-refractivity contribution is 0.506. The molecule has 0 nitrogen and oxygen atoms in total. The molecule has 0 N–H and O–H groups in total. The van der Waals surface area contributed by atoms with E-state index >= 15 is 0 Å². The molecule has 1 unspecified atom stereocenters. The summed E-state index contributed by atoms with van der Waals surface area (Å²) in [6.45, 7) is 20.3. The lowest BCUT2D eigenvalue weighted by Gasteiger charge is -2.24. The molecular weight excluding hydrogens is 403 g/mol. The zero-order valence-corrected chi connectivity index (χ0v) is 22.8. The lowest BCUT2D eigenvalue weighted by Crippen LogP contribution is -2.17. The van der Waals surface area contributed by atoms with Crippen molar-refractivity contribution in [3.8, 4) is 0 Å². The fraction of sp³-hybridized carbons (Fsp3) is 0.419. The van der Waals surface area contributed by atoms with Gasteiger partial charge in [-0.3, -0.25) is 0 Å². The third-order valence-electron chi connectivity index (χ3n) is 7.12. The van der Waals surface area contributed by atoms with Crippen LogP contribution in [0.3, 0.4) is 0 Å². The van der Waals surface area contributed by atoms with Crippen LogP contribution >= 0.6 is 8.58 Å². The van der Waals surface area contributed by atoms with E-state index in [1.807, 2.05) is 0 Å². The van der Waals surface area contributed by atoms with E-state index in [1.165, 1.54) is 51.3 Å². The molecule has 3 rings (SSSR count). The van der Waals surface area contributed by atoms with Crippen LogP contribution in [0.1, 0.15) is 82.2 Å². The van der Waals surface area contributed by atoms with Crippen molar-refractivity contribution in [2.45, 2.75) is 86.0 Å². The first-order chi connectivity index (χ1) is 15.0. The number of hydrogen-bond donors (Lipinski definition) is 0. The summed E-state index contributed by atoms with van der Waals surface area (Å²) in [5.74, 6) is 0. The molecule has 0 heterocycles. The fourth-order valence-electron chi connectivity index (χ4n) is 3.47. The Labute approximate surface area is 199 Å². The van der Waals surface area contributed by atoms with Crippen molar-refractivity contribution in [1.82, 2.24) is 0 Å². The van der Waals surface area contributed by atoms with Gasteiger partial charge in [0.05, 0.1) is 0 Å². The Morgan fingerprint density at radius 1 is 0.594 bits per heavy atom. The summed E-state index contributed by atoms with van der Waals surface area (Å²) in [5, 5.41) is 2.87. The van der Waals surface area contributed by atoms with Gasteiger partial charge in [-0.1, -0.05) is 117 Å². The molecule has 0 aliphatic rings. The van der Waals surface area contributed by atoms with Gasteiger partial charge in [0.1, 0.15) is 0 Å². The van der Waals surface area contributed by atoms with Gasteiger partial charge in [0.2, 0.25) is 0 Å². The summed E-state index contributed by atoms with van der Waals surface area (Å²) in [6.07, 6.45) is 2.36. The molecule has 32 heavy (non-hydrogen) atoms. The second kappa shape index (κ2) is 11.3. The van der Waals surface area contributed by atoms with Crippen LogP contribution in [0.25, 0.3) is 0 Å². The van der Waals surface area contributed by atoms with Crippen LogP contribution < -0.4 is 10.6 Å². The van der Waals surface area contributed by atoms with Crippen molar-refractivity contribution in [2.75, 3.05) is 0 Å². The predicted molar refractivity (Wildman–Crippen MR) is 148 cm³/mol. The lowest BCUT2D eigenvalue weighted by atomic mass is 9.81. The molecule has 0 aromatic heterocycles. The van der Waals surface area contributed by atoms with Crippen LogP contribution in [0, 0.1) is 20.8 Å². The standard InChI is InChI=1S/C18H23P.C13H20/c1-5-18(3,4)15-11-12-17(14(2)13-15)19-16-9-7-6-8-10-16;1-6-13(4,5)12-8-7-10(2)11(3)9-12/h6-13,19H,5H2,1-4H3;7-9H,6H2,1-5H3. The van der Waals surface area contributed by atoms with E-state index in [0.717, 1.165) is 8.58 Å².